The number of H-pyrrole nitrogens is 1. The minimum Gasteiger partial charge on any atom is -0.381 e. The van der Waals surface area contributed by atoms with Crippen LogP contribution in [0.4, 0.5) is 5.69 Å². The molecule has 0 radical (unpaired) electrons. The Morgan fingerprint density at radius 1 is 1.23 bits per heavy atom. The van der Waals surface area contributed by atoms with E-state index in [-0.39, 0.29) is 0 Å². The summed E-state index contributed by atoms with van der Waals surface area (Å²) in [7, 11) is 0. The van der Waals surface area contributed by atoms with Gasteiger partial charge in [0.1, 0.15) is 0 Å². The molecule has 0 fully saturated rings. The number of rotatable bonds is 2. The van der Waals surface area contributed by atoms with Gasteiger partial charge in [0, 0.05) is 17.6 Å². The first-order valence-corrected chi connectivity index (χ1v) is 4.60. The largest absolute Gasteiger partial charge is 0.381 e. The topological polar surface area (TPSA) is 27.8 Å². The summed E-state index contributed by atoms with van der Waals surface area (Å²) in [5.41, 5.74) is 2.37. The molecule has 0 aliphatic carbocycles. The average Bonchev–Trinajstić information content (AvgIpc) is 2.51. The summed E-state index contributed by atoms with van der Waals surface area (Å²) in [6.07, 6.45) is 1.97. The molecule has 0 aliphatic rings. The van der Waals surface area contributed by atoms with Crippen molar-refractivity contribution in [1.29, 1.82) is 0 Å². The molecule has 2 heteroatoms. The van der Waals surface area contributed by atoms with Crippen LogP contribution in [0.25, 0.3) is 10.9 Å². The first kappa shape index (κ1) is 8.17. The number of para-hydroxylation sites is 1. The highest BCUT2D eigenvalue weighted by molar-refractivity contribution is 5.90. The van der Waals surface area contributed by atoms with Crippen LogP contribution in [0.2, 0.25) is 0 Å². The fourth-order valence-corrected chi connectivity index (χ4v) is 1.52. The van der Waals surface area contributed by atoms with E-state index in [2.05, 4.69) is 48.4 Å². The van der Waals surface area contributed by atoms with Crippen LogP contribution in [0.1, 0.15) is 13.8 Å². The third-order valence-electron chi connectivity index (χ3n) is 2.03. The van der Waals surface area contributed by atoms with Crippen LogP contribution in [0, 0.1) is 0 Å². The third-order valence-corrected chi connectivity index (χ3v) is 2.03. The lowest BCUT2D eigenvalue weighted by molar-refractivity contribution is 0.901. The quantitative estimate of drug-likeness (QED) is 0.719. The molecule has 0 saturated heterocycles. The van der Waals surface area contributed by atoms with Gasteiger partial charge in [-0.15, -0.1) is 0 Å². The molecule has 1 aromatic carbocycles. The second-order valence-corrected chi connectivity index (χ2v) is 3.55. The molecule has 2 N–H and O–H groups in total. The van der Waals surface area contributed by atoms with Crippen molar-refractivity contribution in [3.8, 4) is 0 Å². The van der Waals surface area contributed by atoms with Gasteiger partial charge in [-0.2, -0.15) is 0 Å². The molecule has 0 spiro atoms. The van der Waals surface area contributed by atoms with Crippen LogP contribution in [0.5, 0.6) is 0 Å². The lowest BCUT2D eigenvalue weighted by atomic mass is 10.2. The summed E-state index contributed by atoms with van der Waals surface area (Å²) < 4.78 is 0. The van der Waals surface area contributed by atoms with Crippen molar-refractivity contribution in [2.45, 2.75) is 19.9 Å². The van der Waals surface area contributed by atoms with Crippen molar-refractivity contribution in [3.63, 3.8) is 0 Å². The summed E-state index contributed by atoms with van der Waals surface area (Å²) in [5.74, 6) is 0. The van der Waals surface area contributed by atoms with E-state index in [1.165, 1.54) is 16.6 Å². The van der Waals surface area contributed by atoms with Gasteiger partial charge in [0.05, 0.1) is 11.2 Å². The van der Waals surface area contributed by atoms with Crippen molar-refractivity contribution in [2.75, 3.05) is 5.32 Å². The molecule has 0 aliphatic heterocycles. The summed E-state index contributed by atoms with van der Waals surface area (Å²) in [4.78, 5) is 3.23. The maximum Gasteiger partial charge on any atom is 0.0689 e. The lowest BCUT2D eigenvalue weighted by Gasteiger charge is -2.10. The molecule has 1 aromatic heterocycles. The summed E-state index contributed by atoms with van der Waals surface area (Å²) in [6, 6.07) is 8.83. The Balaban J connectivity index is 2.48. The highest BCUT2D eigenvalue weighted by Gasteiger charge is 2.01. The SMILES string of the molecule is CC(C)Nc1cccc2cc[nH]c12. The fourth-order valence-electron chi connectivity index (χ4n) is 1.52. The molecule has 2 rings (SSSR count). The number of hydrogen-bond acceptors (Lipinski definition) is 1. The molecular formula is C11H14N2. The number of anilines is 1. The van der Waals surface area contributed by atoms with E-state index >= 15 is 0 Å². The summed E-state index contributed by atoms with van der Waals surface area (Å²) in [6.45, 7) is 4.28. The molecule has 2 nitrogen and oxygen atoms in total. The number of nitrogens with one attached hydrogen (secondary N) is 2. The van der Waals surface area contributed by atoms with Gasteiger partial charge in [-0.1, -0.05) is 12.1 Å². The molecule has 0 amide bonds. The molecule has 68 valence electrons. The minimum absolute atomic E-state index is 0.467. The maximum absolute atomic E-state index is 3.40. The molecule has 0 unspecified atom stereocenters. The Hall–Kier alpha value is -1.44. The van der Waals surface area contributed by atoms with E-state index in [9.17, 15) is 0 Å². The second kappa shape index (κ2) is 3.13. The van der Waals surface area contributed by atoms with Crippen LogP contribution in [-0.2, 0) is 0 Å². The molecule has 1 heterocycles. The first-order valence-electron chi connectivity index (χ1n) is 4.60. The molecule has 0 saturated carbocycles. The molecule has 0 bridgehead atoms. The molecule has 0 atom stereocenters. The summed E-state index contributed by atoms with van der Waals surface area (Å²) >= 11 is 0. The number of benzene rings is 1. The van der Waals surface area contributed by atoms with Crippen molar-refractivity contribution >= 4 is 16.6 Å². The lowest BCUT2D eigenvalue weighted by Crippen LogP contribution is -2.09. The Kier molecular flexibility index (Phi) is 1.97. The van der Waals surface area contributed by atoms with Gasteiger partial charge in [-0.05, 0) is 26.0 Å². The standard InChI is InChI=1S/C11H14N2/c1-8(2)13-10-5-3-4-9-6-7-12-11(9)10/h3-8,12-13H,1-2H3. The normalized spacial score (nSPS) is 11.0. The summed E-state index contributed by atoms with van der Waals surface area (Å²) in [5, 5.41) is 4.66. The van der Waals surface area contributed by atoms with E-state index in [0.717, 1.165) is 0 Å². The van der Waals surface area contributed by atoms with Gasteiger partial charge in [0.2, 0.25) is 0 Å². The minimum atomic E-state index is 0.467. The van der Waals surface area contributed by atoms with E-state index < -0.39 is 0 Å². The average molecular weight is 174 g/mol. The number of fused-ring (bicyclic) bond motifs is 1. The zero-order valence-corrected chi connectivity index (χ0v) is 7.96. The van der Waals surface area contributed by atoms with Crippen LogP contribution in [0.3, 0.4) is 0 Å². The van der Waals surface area contributed by atoms with Crippen LogP contribution in [-0.4, -0.2) is 11.0 Å². The van der Waals surface area contributed by atoms with Crippen molar-refractivity contribution in [1.82, 2.24) is 4.98 Å². The Labute approximate surface area is 78.0 Å². The number of hydrogen-bond donors (Lipinski definition) is 2. The van der Waals surface area contributed by atoms with Crippen molar-refractivity contribution < 1.29 is 0 Å². The van der Waals surface area contributed by atoms with Crippen molar-refractivity contribution in [2.24, 2.45) is 0 Å². The maximum atomic E-state index is 3.40. The van der Waals surface area contributed by atoms with Crippen LogP contribution in [0.15, 0.2) is 30.5 Å². The third kappa shape index (κ3) is 1.52. The number of aromatic amines is 1. The van der Waals surface area contributed by atoms with Crippen molar-refractivity contribution in [3.05, 3.63) is 30.5 Å². The Bertz CT molecular complexity index is 401. The highest BCUT2D eigenvalue weighted by Crippen LogP contribution is 2.21. The zero-order valence-electron chi connectivity index (χ0n) is 7.96. The number of aromatic nitrogens is 1. The Morgan fingerprint density at radius 2 is 2.08 bits per heavy atom. The molecule has 13 heavy (non-hydrogen) atoms. The highest BCUT2D eigenvalue weighted by atomic mass is 14.9. The fraction of sp³-hybridized carbons (Fsp3) is 0.273. The van der Waals surface area contributed by atoms with E-state index in [1.54, 1.807) is 0 Å². The first-order chi connectivity index (χ1) is 6.27. The predicted octanol–water partition coefficient (Wildman–Crippen LogP) is 2.99. The molecular weight excluding hydrogens is 160 g/mol. The van der Waals surface area contributed by atoms with Crippen LogP contribution >= 0.6 is 0 Å². The van der Waals surface area contributed by atoms with Gasteiger partial charge in [-0.25, -0.2) is 0 Å². The van der Waals surface area contributed by atoms with Crippen LogP contribution < -0.4 is 5.32 Å². The predicted molar refractivity (Wildman–Crippen MR) is 57.1 cm³/mol. The van der Waals surface area contributed by atoms with E-state index in [1.807, 2.05) is 6.20 Å². The van der Waals surface area contributed by atoms with Gasteiger partial charge >= 0.3 is 0 Å². The zero-order chi connectivity index (χ0) is 9.26. The molecule has 2 aromatic rings. The van der Waals surface area contributed by atoms with E-state index in [0.29, 0.717) is 6.04 Å². The Morgan fingerprint density at radius 3 is 2.85 bits per heavy atom. The van der Waals surface area contributed by atoms with Gasteiger partial charge in [0.15, 0.2) is 0 Å². The van der Waals surface area contributed by atoms with E-state index in [4.69, 9.17) is 0 Å². The van der Waals surface area contributed by atoms with Gasteiger partial charge in [-0.3, -0.25) is 0 Å². The van der Waals surface area contributed by atoms with Gasteiger partial charge < -0.3 is 10.3 Å². The monoisotopic (exact) mass is 174 g/mol. The smallest absolute Gasteiger partial charge is 0.0689 e. The van der Waals surface area contributed by atoms with Gasteiger partial charge in [0.25, 0.3) is 0 Å². The second-order valence-electron chi connectivity index (χ2n) is 3.55.